The van der Waals surface area contributed by atoms with Gasteiger partial charge in [0.05, 0.1) is 23.9 Å². The lowest BCUT2D eigenvalue weighted by molar-refractivity contribution is 0.0360. The van der Waals surface area contributed by atoms with Crippen molar-refractivity contribution in [2.75, 3.05) is 44.2 Å². The minimum Gasteiger partial charge on any atom is -0.492 e. The molecule has 4 aromatic rings. The maximum absolute atomic E-state index is 14.5. The highest BCUT2D eigenvalue weighted by molar-refractivity contribution is 5.97. The van der Waals surface area contributed by atoms with Crippen LogP contribution in [0, 0.1) is 17.0 Å². The molecule has 0 bridgehead atoms. The van der Waals surface area contributed by atoms with Crippen LogP contribution in [0.4, 0.5) is 14.6 Å². The summed E-state index contributed by atoms with van der Waals surface area (Å²) in [6.45, 7) is 3.30. The topological polar surface area (TPSA) is 78.9 Å². The standard InChI is InChI=1S/C36H37F2N5O3/c37-30-12-6-11-29(33(30)38)35(45)42-20-15-36(16-21-42)14-7-19-41(32-24-39-17-18-40-32)22-23-43(25-27-8-2-1-3-9-27)34(44)28-10-4-5-13-31(28)46-26-36/h1-6,8-13,17-18,24H,7,14-16,19-23,25-26H2. The lowest BCUT2D eigenvalue weighted by Crippen LogP contribution is -2.46. The summed E-state index contributed by atoms with van der Waals surface area (Å²) in [5.74, 6) is -1.52. The third kappa shape index (κ3) is 7.01. The Morgan fingerprint density at radius 2 is 1.63 bits per heavy atom. The smallest absolute Gasteiger partial charge is 0.257 e. The monoisotopic (exact) mass is 625 g/mol. The number of amides is 2. The van der Waals surface area contributed by atoms with Crippen molar-refractivity contribution in [3.8, 4) is 5.75 Å². The third-order valence-electron chi connectivity index (χ3n) is 9.10. The SMILES string of the molecule is O=C1c2ccccc2OCC2(CCCN(c3cnccn3)CCN1Cc1ccccc1)CCN(C(=O)c1cccc(F)c1F)CC2. The average Bonchev–Trinajstić information content (AvgIpc) is 3.10. The van der Waals surface area contributed by atoms with Crippen molar-refractivity contribution in [2.45, 2.75) is 32.2 Å². The van der Waals surface area contributed by atoms with E-state index in [1.807, 2.05) is 53.4 Å². The number of hydrogen-bond acceptors (Lipinski definition) is 6. The molecule has 8 nitrogen and oxygen atoms in total. The van der Waals surface area contributed by atoms with E-state index in [9.17, 15) is 18.4 Å². The number of aromatic nitrogens is 2. The molecule has 1 saturated heterocycles. The maximum Gasteiger partial charge on any atom is 0.257 e. The number of halogens is 2. The molecule has 2 aliphatic rings. The highest BCUT2D eigenvalue weighted by Crippen LogP contribution is 2.38. The Labute approximate surface area is 267 Å². The Kier molecular flexibility index (Phi) is 9.51. The van der Waals surface area contributed by atoms with Gasteiger partial charge in [-0.05, 0) is 55.5 Å². The van der Waals surface area contributed by atoms with Crippen molar-refractivity contribution in [1.82, 2.24) is 19.8 Å². The molecule has 1 fully saturated rings. The highest BCUT2D eigenvalue weighted by Gasteiger charge is 2.38. The molecule has 10 heteroatoms. The molecular weight excluding hydrogens is 588 g/mol. The molecule has 2 amide bonds. The molecule has 0 aliphatic carbocycles. The summed E-state index contributed by atoms with van der Waals surface area (Å²) >= 11 is 0. The van der Waals surface area contributed by atoms with Crippen LogP contribution < -0.4 is 9.64 Å². The Bertz CT molecular complexity index is 1650. The van der Waals surface area contributed by atoms with Crippen molar-refractivity contribution in [3.63, 3.8) is 0 Å². The molecular formula is C36H37F2N5O3. The second-order valence-corrected chi connectivity index (χ2v) is 12.0. The van der Waals surface area contributed by atoms with Gasteiger partial charge in [-0.25, -0.2) is 13.8 Å². The van der Waals surface area contributed by atoms with Gasteiger partial charge in [0.15, 0.2) is 11.6 Å². The fourth-order valence-electron chi connectivity index (χ4n) is 6.40. The number of benzene rings is 3. The number of likely N-dealkylation sites (tertiary alicyclic amines) is 1. The normalized spacial score (nSPS) is 17.3. The van der Waals surface area contributed by atoms with Crippen LogP contribution >= 0.6 is 0 Å². The first-order chi connectivity index (χ1) is 22.4. The molecule has 6 rings (SSSR count). The van der Waals surface area contributed by atoms with Crippen molar-refractivity contribution in [2.24, 2.45) is 5.41 Å². The van der Waals surface area contributed by atoms with Crippen molar-refractivity contribution in [1.29, 1.82) is 0 Å². The molecule has 0 N–H and O–H groups in total. The molecule has 0 saturated carbocycles. The number of fused-ring (bicyclic) bond motifs is 1. The second kappa shape index (κ2) is 14.1. The summed E-state index contributed by atoms with van der Waals surface area (Å²) in [5.41, 5.74) is 0.976. The van der Waals surface area contributed by atoms with E-state index in [0.717, 1.165) is 30.3 Å². The first kappa shape index (κ1) is 31.1. The molecule has 0 atom stereocenters. The Morgan fingerprint density at radius 3 is 2.41 bits per heavy atom. The first-order valence-corrected chi connectivity index (χ1v) is 15.7. The van der Waals surface area contributed by atoms with Gasteiger partial charge in [0.25, 0.3) is 11.8 Å². The average molecular weight is 626 g/mol. The molecule has 1 spiro atoms. The maximum atomic E-state index is 14.5. The van der Waals surface area contributed by atoms with Crippen molar-refractivity contribution in [3.05, 3.63) is 120 Å². The first-order valence-electron chi connectivity index (χ1n) is 15.7. The number of nitrogens with zero attached hydrogens (tertiary/aromatic N) is 5. The zero-order chi connectivity index (χ0) is 31.9. The second-order valence-electron chi connectivity index (χ2n) is 12.0. The third-order valence-corrected chi connectivity index (χ3v) is 9.10. The minimum atomic E-state index is -1.12. The molecule has 1 aromatic heterocycles. The lowest BCUT2D eigenvalue weighted by Gasteiger charge is -2.42. The van der Waals surface area contributed by atoms with Gasteiger partial charge in [-0.2, -0.15) is 0 Å². The van der Waals surface area contributed by atoms with Crippen LogP contribution in [0.1, 0.15) is 52.0 Å². The van der Waals surface area contributed by atoms with Crippen LogP contribution in [0.15, 0.2) is 91.4 Å². The largest absolute Gasteiger partial charge is 0.492 e. The van der Waals surface area contributed by atoms with E-state index in [2.05, 4.69) is 14.9 Å². The van der Waals surface area contributed by atoms with E-state index in [0.29, 0.717) is 70.0 Å². The number of carbonyl (C=O) groups is 2. The van der Waals surface area contributed by atoms with E-state index >= 15 is 0 Å². The quantitative estimate of drug-likeness (QED) is 0.277. The minimum absolute atomic E-state index is 0.121. The van der Waals surface area contributed by atoms with Gasteiger partial charge in [0.1, 0.15) is 11.6 Å². The number of para-hydroxylation sites is 1. The number of hydrogen-bond donors (Lipinski definition) is 0. The van der Waals surface area contributed by atoms with Crippen LogP contribution in [0.2, 0.25) is 0 Å². The molecule has 0 unspecified atom stereocenters. The summed E-state index contributed by atoms with van der Waals surface area (Å²) in [7, 11) is 0. The summed E-state index contributed by atoms with van der Waals surface area (Å²) in [4.78, 5) is 41.8. The Morgan fingerprint density at radius 1 is 0.848 bits per heavy atom. The van der Waals surface area contributed by atoms with Gasteiger partial charge >= 0.3 is 0 Å². The number of carbonyl (C=O) groups excluding carboxylic acids is 2. The predicted octanol–water partition coefficient (Wildman–Crippen LogP) is 6.00. The Hall–Kier alpha value is -4.86. The van der Waals surface area contributed by atoms with E-state index in [1.165, 1.54) is 12.1 Å². The van der Waals surface area contributed by atoms with Gasteiger partial charge in [-0.1, -0.05) is 48.5 Å². The van der Waals surface area contributed by atoms with Gasteiger partial charge in [-0.3, -0.25) is 14.6 Å². The zero-order valence-corrected chi connectivity index (χ0v) is 25.7. The zero-order valence-electron chi connectivity index (χ0n) is 25.7. The van der Waals surface area contributed by atoms with Gasteiger partial charge < -0.3 is 19.4 Å². The molecule has 3 aromatic carbocycles. The van der Waals surface area contributed by atoms with Gasteiger partial charge in [-0.15, -0.1) is 0 Å². The lowest BCUT2D eigenvalue weighted by atomic mass is 9.75. The van der Waals surface area contributed by atoms with Crippen LogP contribution in [-0.2, 0) is 6.54 Å². The molecule has 3 heterocycles. The van der Waals surface area contributed by atoms with Crippen molar-refractivity contribution >= 4 is 17.6 Å². The number of rotatable bonds is 4. The summed E-state index contributed by atoms with van der Waals surface area (Å²) in [6, 6.07) is 20.9. The fraction of sp³-hybridized carbons (Fsp3) is 0.333. The molecule has 238 valence electrons. The van der Waals surface area contributed by atoms with Crippen LogP contribution in [0.3, 0.4) is 0 Å². The Balaban J connectivity index is 1.27. The van der Waals surface area contributed by atoms with E-state index < -0.39 is 17.5 Å². The van der Waals surface area contributed by atoms with Crippen LogP contribution in [-0.4, -0.2) is 70.9 Å². The van der Waals surface area contributed by atoms with E-state index in [1.54, 1.807) is 29.6 Å². The fourth-order valence-corrected chi connectivity index (χ4v) is 6.40. The van der Waals surface area contributed by atoms with Gasteiger partial charge in [0.2, 0.25) is 0 Å². The summed E-state index contributed by atoms with van der Waals surface area (Å²) in [6.07, 6.45) is 7.93. The van der Waals surface area contributed by atoms with Crippen LogP contribution in [0.25, 0.3) is 0 Å². The highest BCUT2D eigenvalue weighted by atomic mass is 19.2. The van der Waals surface area contributed by atoms with E-state index in [-0.39, 0.29) is 16.9 Å². The number of anilines is 1. The van der Waals surface area contributed by atoms with Gasteiger partial charge in [0, 0.05) is 57.1 Å². The molecule has 46 heavy (non-hydrogen) atoms. The summed E-state index contributed by atoms with van der Waals surface area (Å²) < 4.78 is 34.8. The van der Waals surface area contributed by atoms with Crippen LogP contribution in [0.5, 0.6) is 5.75 Å². The summed E-state index contributed by atoms with van der Waals surface area (Å²) in [5, 5.41) is 0. The van der Waals surface area contributed by atoms with Crippen molar-refractivity contribution < 1.29 is 23.1 Å². The number of piperidine rings is 1. The molecule has 2 aliphatic heterocycles. The number of ether oxygens (including phenoxy) is 1. The van der Waals surface area contributed by atoms with E-state index in [4.69, 9.17) is 4.74 Å². The molecule has 0 radical (unpaired) electrons. The predicted molar refractivity (Wildman–Crippen MR) is 171 cm³/mol.